The van der Waals surface area contributed by atoms with Crippen LogP contribution >= 0.6 is 15.6 Å². The normalized spacial score (nSPS) is 14.3. The first-order valence-electron chi connectivity index (χ1n) is 40.4. The van der Waals surface area contributed by atoms with Crippen LogP contribution in [0.3, 0.4) is 0 Å². The molecule has 0 bridgehead atoms. The van der Waals surface area contributed by atoms with Crippen LogP contribution in [-0.2, 0) is 65.4 Å². The van der Waals surface area contributed by atoms with Gasteiger partial charge in [0.15, 0.2) is 12.2 Å². The van der Waals surface area contributed by atoms with Crippen molar-refractivity contribution in [1.82, 2.24) is 0 Å². The summed E-state index contributed by atoms with van der Waals surface area (Å²) in [5.41, 5.74) is 0. The molecule has 0 aliphatic carbocycles. The van der Waals surface area contributed by atoms with E-state index >= 15 is 0 Å². The van der Waals surface area contributed by atoms with Crippen molar-refractivity contribution in [2.24, 2.45) is 17.8 Å². The molecule has 0 saturated heterocycles. The van der Waals surface area contributed by atoms with Crippen LogP contribution in [0.4, 0.5) is 0 Å². The van der Waals surface area contributed by atoms with Crippen LogP contribution in [-0.4, -0.2) is 96.7 Å². The van der Waals surface area contributed by atoms with Crippen molar-refractivity contribution in [3.05, 3.63) is 0 Å². The van der Waals surface area contributed by atoms with Gasteiger partial charge in [-0.1, -0.05) is 350 Å². The third-order valence-corrected chi connectivity index (χ3v) is 20.4. The van der Waals surface area contributed by atoms with Crippen LogP contribution in [0.25, 0.3) is 0 Å². The van der Waals surface area contributed by atoms with Crippen molar-refractivity contribution >= 4 is 39.5 Å². The number of phosphoric ester groups is 2. The van der Waals surface area contributed by atoms with Gasteiger partial charge in [-0.3, -0.25) is 37.3 Å². The second kappa shape index (κ2) is 68.5. The molecule has 0 rings (SSSR count). The van der Waals surface area contributed by atoms with Gasteiger partial charge in [0.1, 0.15) is 19.3 Å². The molecule has 0 aromatic rings. The van der Waals surface area contributed by atoms with Crippen molar-refractivity contribution in [2.45, 2.75) is 420 Å². The Morgan fingerprint density at radius 3 is 0.784 bits per heavy atom. The summed E-state index contributed by atoms with van der Waals surface area (Å²) in [7, 11) is -9.91. The average Bonchev–Trinajstić information content (AvgIpc) is 0.979. The maximum Gasteiger partial charge on any atom is 0.472 e. The number of carbonyl (C=O) groups excluding carboxylic acids is 4. The van der Waals surface area contributed by atoms with Crippen LogP contribution in [0.1, 0.15) is 402 Å². The first kappa shape index (κ1) is 95.1. The molecular weight excluding hydrogens is 1270 g/mol. The van der Waals surface area contributed by atoms with E-state index in [4.69, 9.17) is 37.0 Å². The lowest BCUT2D eigenvalue weighted by Crippen LogP contribution is -2.30. The van der Waals surface area contributed by atoms with Gasteiger partial charge in [-0.25, -0.2) is 9.13 Å². The molecule has 17 nitrogen and oxygen atoms in total. The predicted octanol–water partition coefficient (Wildman–Crippen LogP) is 23.0. The Balaban J connectivity index is 5.21. The zero-order chi connectivity index (χ0) is 71.6. The SMILES string of the molecule is CCCCCCCCCCCC(=O)OC[C@H](COP(=O)(O)OC[C@H](O)COP(=O)(O)OC[C@@H](COC(=O)CCCCCCCCCCCCCCCCC(C)CC)OC(=O)CCCCCCCCCCCCCCCCCCC(C)C)OC(=O)CCCCCCCCCCC(C)C. The van der Waals surface area contributed by atoms with Crippen LogP contribution in [0.2, 0.25) is 0 Å². The lowest BCUT2D eigenvalue weighted by atomic mass is 9.99. The molecule has 0 saturated carbocycles. The lowest BCUT2D eigenvalue weighted by Gasteiger charge is -2.21. The third kappa shape index (κ3) is 70.9. The highest BCUT2D eigenvalue weighted by Crippen LogP contribution is 2.45. The Kier molecular flexibility index (Phi) is 67.1. The average molecular weight is 1420 g/mol. The van der Waals surface area contributed by atoms with E-state index in [9.17, 15) is 43.2 Å². The van der Waals surface area contributed by atoms with E-state index in [2.05, 4.69) is 48.5 Å². The molecule has 0 fully saturated rings. The molecule has 3 N–H and O–H groups in total. The van der Waals surface area contributed by atoms with Gasteiger partial charge in [0.05, 0.1) is 26.4 Å². The van der Waals surface area contributed by atoms with Crippen LogP contribution in [0.15, 0.2) is 0 Å². The number of carbonyl (C=O) groups is 4. The Labute approximate surface area is 594 Å². The predicted molar refractivity (Wildman–Crippen MR) is 395 cm³/mol. The van der Waals surface area contributed by atoms with E-state index in [0.717, 1.165) is 108 Å². The number of hydrogen-bond donors (Lipinski definition) is 3. The first-order chi connectivity index (χ1) is 46.8. The number of phosphoric acid groups is 2. The molecule has 97 heavy (non-hydrogen) atoms. The quantitative estimate of drug-likeness (QED) is 0.0222. The molecular formula is C78H152O17P2. The van der Waals surface area contributed by atoms with Gasteiger partial charge < -0.3 is 33.8 Å². The number of ether oxygens (including phenoxy) is 4. The summed E-state index contributed by atoms with van der Waals surface area (Å²) < 4.78 is 68.5. The van der Waals surface area contributed by atoms with Gasteiger partial charge in [0.25, 0.3) is 0 Å². The summed E-state index contributed by atoms with van der Waals surface area (Å²) in [6, 6.07) is 0. The fraction of sp³-hybridized carbons (Fsp3) is 0.949. The van der Waals surface area contributed by atoms with Gasteiger partial charge in [0, 0.05) is 25.7 Å². The summed E-state index contributed by atoms with van der Waals surface area (Å²) in [5, 5.41) is 10.6. The molecule has 0 spiro atoms. The molecule has 576 valence electrons. The van der Waals surface area contributed by atoms with Crippen molar-refractivity contribution in [1.29, 1.82) is 0 Å². The Bertz CT molecular complexity index is 1890. The Hall–Kier alpha value is -1.94. The van der Waals surface area contributed by atoms with Gasteiger partial charge in [-0.2, -0.15) is 0 Å². The first-order valence-corrected chi connectivity index (χ1v) is 43.4. The topological polar surface area (TPSA) is 237 Å². The molecule has 0 aliphatic rings. The lowest BCUT2D eigenvalue weighted by molar-refractivity contribution is -0.161. The highest BCUT2D eigenvalue weighted by atomic mass is 31.2. The summed E-state index contributed by atoms with van der Waals surface area (Å²) in [5.74, 6) is 0.260. The largest absolute Gasteiger partial charge is 0.472 e. The van der Waals surface area contributed by atoms with E-state index in [1.165, 1.54) is 212 Å². The van der Waals surface area contributed by atoms with Crippen molar-refractivity contribution < 1.29 is 80.2 Å². The zero-order valence-corrected chi connectivity index (χ0v) is 65.3. The minimum atomic E-state index is -4.96. The molecule has 0 amide bonds. The molecule has 6 atom stereocenters. The maximum atomic E-state index is 13.1. The van der Waals surface area contributed by atoms with Crippen molar-refractivity contribution in [2.75, 3.05) is 39.6 Å². The highest BCUT2D eigenvalue weighted by molar-refractivity contribution is 7.47. The summed E-state index contributed by atoms with van der Waals surface area (Å²) in [4.78, 5) is 72.8. The molecule has 0 heterocycles. The third-order valence-electron chi connectivity index (χ3n) is 18.5. The number of aliphatic hydroxyl groups is 1. The molecule has 0 aromatic heterocycles. The Morgan fingerprint density at radius 2 is 0.526 bits per heavy atom. The summed E-state index contributed by atoms with van der Waals surface area (Å²) >= 11 is 0. The van der Waals surface area contributed by atoms with Gasteiger partial charge in [-0.15, -0.1) is 0 Å². The smallest absolute Gasteiger partial charge is 0.462 e. The van der Waals surface area contributed by atoms with E-state index in [1.54, 1.807) is 0 Å². The summed E-state index contributed by atoms with van der Waals surface area (Å²) in [6.07, 6.45) is 55.5. The van der Waals surface area contributed by atoms with Gasteiger partial charge in [-0.05, 0) is 43.4 Å². The van der Waals surface area contributed by atoms with E-state index in [1.807, 2.05) is 0 Å². The monoisotopic (exact) mass is 1420 g/mol. The van der Waals surface area contributed by atoms with Gasteiger partial charge in [0.2, 0.25) is 0 Å². The minimum absolute atomic E-state index is 0.104. The van der Waals surface area contributed by atoms with E-state index in [-0.39, 0.29) is 25.7 Å². The number of esters is 4. The van der Waals surface area contributed by atoms with Crippen LogP contribution in [0, 0.1) is 17.8 Å². The maximum absolute atomic E-state index is 13.1. The van der Waals surface area contributed by atoms with Crippen molar-refractivity contribution in [3.8, 4) is 0 Å². The highest BCUT2D eigenvalue weighted by Gasteiger charge is 2.30. The zero-order valence-electron chi connectivity index (χ0n) is 63.5. The molecule has 0 aliphatic heterocycles. The molecule has 0 radical (unpaired) electrons. The molecule has 0 aromatic carbocycles. The van der Waals surface area contributed by atoms with Crippen molar-refractivity contribution in [3.63, 3.8) is 0 Å². The van der Waals surface area contributed by atoms with Crippen LogP contribution < -0.4 is 0 Å². The number of hydrogen-bond acceptors (Lipinski definition) is 15. The second-order valence-corrected chi connectivity index (χ2v) is 32.2. The fourth-order valence-corrected chi connectivity index (χ4v) is 13.5. The van der Waals surface area contributed by atoms with Crippen LogP contribution in [0.5, 0.6) is 0 Å². The van der Waals surface area contributed by atoms with E-state index < -0.39 is 97.5 Å². The molecule has 19 heteroatoms. The Morgan fingerprint density at radius 1 is 0.299 bits per heavy atom. The van der Waals surface area contributed by atoms with E-state index in [0.29, 0.717) is 25.7 Å². The second-order valence-electron chi connectivity index (χ2n) is 29.3. The summed E-state index contributed by atoms with van der Waals surface area (Å²) in [6.45, 7) is 11.9. The molecule has 3 unspecified atom stereocenters. The number of aliphatic hydroxyl groups excluding tert-OH is 1. The van der Waals surface area contributed by atoms with Gasteiger partial charge >= 0.3 is 39.5 Å². The fourth-order valence-electron chi connectivity index (χ4n) is 11.9. The minimum Gasteiger partial charge on any atom is -0.462 e. The standard InChI is InChI=1S/C78H152O17P2/c1-8-10-11-12-13-28-38-45-52-59-75(80)88-65-74(95-78(83)62-55-48-41-34-33-36-43-50-57-70(5)6)68-93-97(86,87)91-64-72(79)63-90-96(84,85)92-67-73(66-89-76(81)60-53-46-39-31-26-22-19-18-21-25-30-37-44-51-58-71(7)9-2)94-77(82)61-54-47-40-32-27-23-17-15-14-16-20-24-29-35-42-49-56-69(3)4/h69-74,79H,8-68H2,1-7H3,(H,84,85)(H,86,87)/t71?,72-,73-,74-/m1/s1. The number of unbranched alkanes of at least 4 members (excludes halogenated alkanes) is 43. The number of rotatable bonds is 76.